The molecule has 5 rings (SSSR count). The van der Waals surface area contributed by atoms with E-state index in [0.717, 1.165) is 16.5 Å². The van der Waals surface area contributed by atoms with Crippen LogP contribution in [0.25, 0.3) is 33.2 Å². The fourth-order valence-electron chi connectivity index (χ4n) is 4.43. The van der Waals surface area contributed by atoms with Crippen molar-refractivity contribution in [1.82, 2.24) is 13.5 Å². The Balaban J connectivity index is 1.90. The zero-order chi connectivity index (χ0) is 25.6. The summed E-state index contributed by atoms with van der Waals surface area (Å²) in [6.45, 7) is 1.90. The molecule has 0 bridgehead atoms. The number of methoxy groups -OCH3 is 2. The minimum atomic E-state index is -4.06. The van der Waals surface area contributed by atoms with Gasteiger partial charge in [-0.2, -0.15) is 0 Å². The number of rotatable bonds is 6. The van der Waals surface area contributed by atoms with Gasteiger partial charge in [-0.25, -0.2) is 17.4 Å². The van der Waals surface area contributed by atoms with Gasteiger partial charge >= 0.3 is 0 Å². The van der Waals surface area contributed by atoms with E-state index in [9.17, 15) is 13.6 Å². The molecule has 36 heavy (non-hydrogen) atoms. The third kappa shape index (κ3) is 3.57. The molecule has 10 heteroatoms. The number of ether oxygens (including phenoxy) is 2. The zero-order valence-corrected chi connectivity index (χ0v) is 20.9. The molecule has 9 nitrogen and oxygen atoms in total. The topological polar surface area (TPSA) is 108 Å². The highest BCUT2D eigenvalue weighted by molar-refractivity contribution is 7.90. The molecule has 0 saturated carbocycles. The summed E-state index contributed by atoms with van der Waals surface area (Å²) in [5.41, 5.74) is 3.60. The number of hydrogen-bond donors (Lipinski definition) is 1. The molecule has 0 amide bonds. The van der Waals surface area contributed by atoms with E-state index in [1.165, 1.54) is 16.4 Å². The molecule has 0 aliphatic carbocycles. The molecular weight excluding hydrogens is 480 g/mol. The van der Waals surface area contributed by atoms with E-state index in [1.54, 1.807) is 50.6 Å². The summed E-state index contributed by atoms with van der Waals surface area (Å²) in [5, 5.41) is 13.6. The molecule has 0 radical (unpaired) electrons. The van der Waals surface area contributed by atoms with Crippen molar-refractivity contribution in [2.24, 2.45) is 12.2 Å². The number of hydrogen-bond acceptors (Lipinski definition) is 7. The quantitative estimate of drug-likeness (QED) is 0.206. The molecule has 3 aromatic heterocycles. The summed E-state index contributed by atoms with van der Waals surface area (Å²) >= 11 is 0. The molecule has 0 atom stereocenters. The number of oxime groups is 1. The number of nitrogens with zero attached hydrogens (tertiary/aromatic N) is 4. The van der Waals surface area contributed by atoms with E-state index in [-0.39, 0.29) is 10.5 Å². The Morgan fingerprint density at radius 2 is 1.69 bits per heavy atom. The van der Waals surface area contributed by atoms with Crippen molar-refractivity contribution in [3.05, 3.63) is 72.1 Å². The molecule has 1 N–H and O–H groups in total. The average molecular weight is 505 g/mol. The van der Waals surface area contributed by atoms with Crippen molar-refractivity contribution < 1.29 is 23.1 Å². The van der Waals surface area contributed by atoms with Crippen LogP contribution >= 0.6 is 0 Å². The van der Waals surface area contributed by atoms with Gasteiger partial charge < -0.3 is 19.2 Å². The second-order valence-electron chi connectivity index (χ2n) is 8.37. The normalized spacial score (nSPS) is 12.1. The Bertz CT molecular complexity index is 1750. The van der Waals surface area contributed by atoms with Crippen LogP contribution in [0.3, 0.4) is 0 Å². The van der Waals surface area contributed by atoms with Crippen molar-refractivity contribution in [2.45, 2.75) is 11.8 Å². The zero-order valence-electron chi connectivity index (χ0n) is 20.1. The third-order valence-electron chi connectivity index (χ3n) is 6.22. The smallest absolute Gasteiger partial charge is 0.269 e. The van der Waals surface area contributed by atoms with Crippen LogP contribution in [0.15, 0.2) is 71.0 Å². The van der Waals surface area contributed by atoms with Gasteiger partial charge in [0.05, 0.1) is 36.5 Å². The van der Waals surface area contributed by atoms with Gasteiger partial charge in [-0.05, 0) is 37.3 Å². The van der Waals surface area contributed by atoms with Crippen molar-refractivity contribution >= 4 is 38.2 Å². The van der Waals surface area contributed by atoms with Crippen LogP contribution in [-0.4, -0.2) is 47.6 Å². The number of pyridine rings is 1. The highest BCUT2D eigenvalue weighted by Gasteiger charge is 2.27. The molecule has 184 valence electrons. The summed E-state index contributed by atoms with van der Waals surface area (Å²) < 4.78 is 42.2. The van der Waals surface area contributed by atoms with Gasteiger partial charge in [0.25, 0.3) is 10.0 Å². The van der Waals surface area contributed by atoms with Crippen LogP contribution in [0, 0.1) is 6.92 Å². The summed E-state index contributed by atoms with van der Waals surface area (Å²) in [6, 6.07) is 13.7. The number of fused-ring (bicyclic) bond motifs is 2. The van der Waals surface area contributed by atoms with Crippen LogP contribution in [0.4, 0.5) is 0 Å². The van der Waals surface area contributed by atoms with E-state index in [4.69, 9.17) is 9.47 Å². The molecule has 0 unspecified atom stereocenters. The molecule has 0 saturated heterocycles. The van der Waals surface area contributed by atoms with Crippen LogP contribution in [0.2, 0.25) is 0 Å². The van der Waals surface area contributed by atoms with Crippen molar-refractivity contribution in [3.63, 3.8) is 0 Å². The van der Waals surface area contributed by atoms with Crippen LogP contribution in [-0.2, 0) is 17.1 Å². The first kappa shape index (κ1) is 23.4. The van der Waals surface area contributed by atoms with Gasteiger partial charge in [0.2, 0.25) is 0 Å². The van der Waals surface area contributed by atoms with E-state index >= 15 is 0 Å². The molecule has 3 heterocycles. The number of aryl methyl sites for hydroxylation is 2. The second kappa shape index (κ2) is 8.72. The maximum Gasteiger partial charge on any atom is 0.269 e. The van der Waals surface area contributed by atoms with Crippen LogP contribution in [0.1, 0.15) is 11.1 Å². The maximum atomic E-state index is 14.0. The van der Waals surface area contributed by atoms with Gasteiger partial charge in [-0.3, -0.25) is 0 Å². The lowest BCUT2D eigenvalue weighted by Gasteiger charge is -2.12. The molecule has 0 aliphatic heterocycles. The monoisotopic (exact) mass is 504 g/mol. The molecule has 2 aromatic carbocycles. The molecule has 0 aliphatic rings. The molecule has 0 spiro atoms. The van der Waals surface area contributed by atoms with E-state index in [1.807, 2.05) is 36.9 Å². The SMILES string of the molecule is COc1cc2c(-c3cc4c(/C=N/O)ccnc4n3S(=O)(=O)c3ccc(C)cc3)cn(C)c2cc1OC. The molecule has 0 fully saturated rings. The summed E-state index contributed by atoms with van der Waals surface area (Å²) in [5.74, 6) is 1.08. The van der Waals surface area contributed by atoms with Gasteiger partial charge in [-0.1, -0.05) is 22.9 Å². The van der Waals surface area contributed by atoms with Crippen LogP contribution in [0.5, 0.6) is 11.5 Å². The fourth-order valence-corrected chi connectivity index (χ4v) is 5.90. The number of benzene rings is 2. The highest BCUT2D eigenvalue weighted by atomic mass is 32.2. The van der Waals surface area contributed by atoms with Gasteiger partial charge in [0.1, 0.15) is 0 Å². The Morgan fingerprint density at radius 1 is 1.00 bits per heavy atom. The Kier molecular flexibility index (Phi) is 5.68. The first-order chi connectivity index (χ1) is 17.3. The largest absolute Gasteiger partial charge is 0.493 e. The summed E-state index contributed by atoms with van der Waals surface area (Å²) in [4.78, 5) is 4.55. The summed E-state index contributed by atoms with van der Waals surface area (Å²) in [6.07, 6.45) is 4.60. The Morgan fingerprint density at radius 3 is 2.36 bits per heavy atom. The lowest BCUT2D eigenvalue weighted by Crippen LogP contribution is -2.14. The molecule has 5 aromatic rings. The predicted molar refractivity (Wildman–Crippen MR) is 138 cm³/mol. The number of aromatic nitrogens is 3. The second-order valence-corrected chi connectivity index (χ2v) is 10.2. The van der Waals surface area contributed by atoms with Gasteiger partial charge in [0.15, 0.2) is 17.1 Å². The fraction of sp³-hybridized carbons (Fsp3) is 0.154. The summed E-state index contributed by atoms with van der Waals surface area (Å²) in [7, 11) is 0.937. The lowest BCUT2D eigenvalue weighted by molar-refractivity contribution is 0.322. The van der Waals surface area contributed by atoms with Crippen molar-refractivity contribution in [2.75, 3.05) is 14.2 Å². The predicted octanol–water partition coefficient (Wildman–Crippen LogP) is 4.57. The minimum Gasteiger partial charge on any atom is -0.493 e. The Labute approximate surface area is 207 Å². The van der Waals surface area contributed by atoms with E-state index in [0.29, 0.717) is 33.7 Å². The first-order valence-corrected chi connectivity index (χ1v) is 12.5. The lowest BCUT2D eigenvalue weighted by atomic mass is 10.1. The standard InChI is InChI=1S/C26H24N4O5S/c1-16-5-7-18(8-6-16)36(32,33)30-23(11-19-17(14-28-31)9-10-27-26(19)30)21-15-29(2)22-13-25(35-4)24(34-3)12-20(21)22/h5-15,31H,1-4H3/b28-14+. The van der Waals surface area contributed by atoms with Crippen molar-refractivity contribution in [3.8, 4) is 22.8 Å². The van der Waals surface area contributed by atoms with E-state index in [2.05, 4.69) is 10.1 Å². The van der Waals surface area contributed by atoms with Crippen LogP contribution < -0.4 is 9.47 Å². The maximum absolute atomic E-state index is 14.0. The minimum absolute atomic E-state index is 0.134. The average Bonchev–Trinajstić information content (AvgIpc) is 3.42. The van der Waals surface area contributed by atoms with Crippen molar-refractivity contribution in [1.29, 1.82) is 0 Å². The third-order valence-corrected chi connectivity index (χ3v) is 7.94. The van der Waals surface area contributed by atoms with Gasteiger partial charge in [-0.15, -0.1) is 0 Å². The van der Waals surface area contributed by atoms with E-state index < -0.39 is 10.0 Å². The molecular formula is C26H24N4O5S. The first-order valence-electron chi connectivity index (χ1n) is 11.0. The highest BCUT2D eigenvalue weighted by Crippen LogP contribution is 2.41. The Hall–Kier alpha value is -4.31. The van der Waals surface area contributed by atoms with Gasteiger partial charge in [0, 0.05) is 47.4 Å².